The lowest BCUT2D eigenvalue weighted by atomic mass is 9.76. The van der Waals surface area contributed by atoms with Crippen molar-refractivity contribution >= 4 is 0 Å². The first-order valence-corrected chi connectivity index (χ1v) is 5.69. The number of aliphatic hydroxyl groups is 1. The van der Waals surface area contributed by atoms with Gasteiger partial charge in [0.05, 0.1) is 12.9 Å². The molecule has 0 aliphatic carbocycles. The van der Waals surface area contributed by atoms with Gasteiger partial charge in [0.15, 0.2) is 0 Å². The molecule has 1 aromatic heterocycles. The van der Waals surface area contributed by atoms with Crippen molar-refractivity contribution in [1.82, 2.24) is 0 Å². The number of aliphatic hydroxyl groups excluding tert-OH is 1. The lowest BCUT2D eigenvalue weighted by Gasteiger charge is -2.39. The highest BCUT2D eigenvalue weighted by atomic mass is 16.5. The molecule has 0 aromatic carbocycles. The summed E-state index contributed by atoms with van der Waals surface area (Å²) in [6, 6.07) is 1.85. The summed E-state index contributed by atoms with van der Waals surface area (Å²) in [5, 5.41) is 10.4. The third-order valence-electron chi connectivity index (χ3n) is 3.49. The monoisotopic (exact) mass is 225 g/mol. The fourth-order valence-corrected chi connectivity index (χ4v) is 2.30. The van der Waals surface area contributed by atoms with Crippen molar-refractivity contribution in [3.05, 3.63) is 23.7 Å². The lowest BCUT2D eigenvalue weighted by Crippen LogP contribution is -2.43. The molecule has 90 valence electrons. The summed E-state index contributed by atoms with van der Waals surface area (Å²) in [5.74, 6) is 0.621. The molecule has 1 aromatic rings. The van der Waals surface area contributed by atoms with E-state index < -0.39 is 6.10 Å². The molecule has 16 heavy (non-hydrogen) atoms. The second-order valence-corrected chi connectivity index (χ2v) is 4.59. The largest absolute Gasteiger partial charge is 0.466 e. The standard InChI is InChI=1S/C12H19NO3/c1-9-3-6-16-10(9)11(14)12(7-13)4-2-5-15-8-12/h3,6,11,14H,2,4-5,7-8,13H2,1H3. The highest BCUT2D eigenvalue weighted by Crippen LogP contribution is 2.41. The molecule has 2 unspecified atom stereocenters. The normalized spacial score (nSPS) is 27.9. The molecular formula is C12H19NO3. The van der Waals surface area contributed by atoms with Crippen molar-refractivity contribution in [3.63, 3.8) is 0 Å². The zero-order chi connectivity index (χ0) is 11.6. The van der Waals surface area contributed by atoms with E-state index in [0.717, 1.165) is 25.0 Å². The summed E-state index contributed by atoms with van der Waals surface area (Å²) in [5.41, 5.74) is 6.39. The summed E-state index contributed by atoms with van der Waals surface area (Å²) < 4.78 is 10.8. The van der Waals surface area contributed by atoms with E-state index in [9.17, 15) is 5.11 Å². The van der Waals surface area contributed by atoms with Gasteiger partial charge in [-0.1, -0.05) is 0 Å². The summed E-state index contributed by atoms with van der Waals surface area (Å²) in [7, 11) is 0. The van der Waals surface area contributed by atoms with Crippen LogP contribution in [0, 0.1) is 12.3 Å². The van der Waals surface area contributed by atoms with Crippen LogP contribution in [0.15, 0.2) is 16.7 Å². The molecule has 2 heterocycles. The van der Waals surface area contributed by atoms with Crippen LogP contribution in [-0.2, 0) is 4.74 Å². The van der Waals surface area contributed by atoms with Gasteiger partial charge in [-0.3, -0.25) is 0 Å². The molecule has 0 amide bonds. The minimum atomic E-state index is -0.673. The van der Waals surface area contributed by atoms with Crippen LogP contribution in [0.2, 0.25) is 0 Å². The molecule has 2 atom stereocenters. The van der Waals surface area contributed by atoms with Gasteiger partial charge in [-0.2, -0.15) is 0 Å². The number of nitrogens with two attached hydrogens (primary N) is 1. The van der Waals surface area contributed by atoms with Gasteiger partial charge in [-0.15, -0.1) is 0 Å². The Morgan fingerprint density at radius 3 is 2.94 bits per heavy atom. The van der Waals surface area contributed by atoms with E-state index >= 15 is 0 Å². The van der Waals surface area contributed by atoms with Gasteiger partial charge in [0.1, 0.15) is 11.9 Å². The van der Waals surface area contributed by atoms with Gasteiger partial charge in [-0.05, 0) is 31.4 Å². The number of aryl methyl sites for hydroxylation is 1. The van der Waals surface area contributed by atoms with Gasteiger partial charge in [0, 0.05) is 18.6 Å². The van der Waals surface area contributed by atoms with Crippen LogP contribution >= 0.6 is 0 Å². The molecule has 0 saturated carbocycles. The average molecular weight is 225 g/mol. The molecule has 1 aliphatic rings. The van der Waals surface area contributed by atoms with Crippen molar-refractivity contribution in [2.75, 3.05) is 19.8 Å². The minimum Gasteiger partial charge on any atom is -0.466 e. The first-order valence-electron chi connectivity index (χ1n) is 5.69. The Balaban J connectivity index is 2.24. The van der Waals surface area contributed by atoms with Gasteiger partial charge < -0.3 is 20.0 Å². The van der Waals surface area contributed by atoms with E-state index in [4.69, 9.17) is 14.9 Å². The highest BCUT2D eigenvalue weighted by Gasteiger charge is 2.41. The lowest BCUT2D eigenvalue weighted by molar-refractivity contribution is -0.0854. The molecule has 4 heteroatoms. The maximum Gasteiger partial charge on any atom is 0.135 e. The maximum absolute atomic E-state index is 10.4. The molecule has 0 bridgehead atoms. The van der Waals surface area contributed by atoms with Crippen LogP contribution in [0.1, 0.15) is 30.3 Å². The van der Waals surface area contributed by atoms with Gasteiger partial charge >= 0.3 is 0 Å². The zero-order valence-corrected chi connectivity index (χ0v) is 9.61. The SMILES string of the molecule is Cc1ccoc1C(O)C1(CN)CCCOC1. The summed E-state index contributed by atoms with van der Waals surface area (Å²) >= 11 is 0. The van der Waals surface area contributed by atoms with Crippen LogP contribution in [0.3, 0.4) is 0 Å². The van der Waals surface area contributed by atoms with Crippen molar-refractivity contribution in [3.8, 4) is 0 Å². The van der Waals surface area contributed by atoms with E-state index in [1.165, 1.54) is 0 Å². The zero-order valence-electron chi connectivity index (χ0n) is 9.61. The smallest absolute Gasteiger partial charge is 0.135 e. The topological polar surface area (TPSA) is 68.6 Å². The number of rotatable bonds is 3. The van der Waals surface area contributed by atoms with Crippen LogP contribution in [0.25, 0.3) is 0 Å². The fraction of sp³-hybridized carbons (Fsp3) is 0.667. The van der Waals surface area contributed by atoms with Crippen molar-refractivity contribution < 1.29 is 14.3 Å². The molecule has 2 rings (SSSR count). The molecule has 1 saturated heterocycles. The molecular weight excluding hydrogens is 206 g/mol. The highest BCUT2D eigenvalue weighted by molar-refractivity contribution is 5.19. The van der Waals surface area contributed by atoms with Crippen molar-refractivity contribution in [2.24, 2.45) is 11.1 Å². The fourth-order valence-electron chi connectivity index (χ4n) is 2.30. The maximum atomic E-state index is 10.4. The number of hydrogen-bond donors (Lipinski definition) is 2. The van der Waals surface area contributed by atoms with E-state index in [1.807, 2.05) is 13.0 Å². The van der Waals surface area contributed by atoms with Crippen LogP contribution in [0.4, 0.5) is 0 Å². The predicted octanol–water partition coefficient (Wildman–Crippen LogP) is 1.38. The molecule has 4 nitrogen and oxygen atoms in total. The second kappa shape index (κ2) is 4.57. The van der Waals surface area contributed by atoms with Crippen LogP contribution in [-0.4, -0.2) is 24.9 Å². The number of furan rings is 1. The van der Waals surface area contributed by atoms with Crippen molar-refractivity contribution in [1.29, 1.82) is 0 Å². The predicted molar refractivity (Wildman–Crippen MR) is 59.9 cm³/mol. The minimum absolute atomic E-state index is 0.388. The first-order chi connectivity index (χ1) is 7.69. The molecule has 3 N–H and O–H groups in total. The molecule has 0 radical (unpaired) electrons. The molecule has 1 fully saturated rings. The Labute approximate surface area is 95.4 Å². The number of ether oxygens (including phenoxy) is 1. The van der Waals surface area contributed by atoms with E-state index in [-0.39, 0.29) is 5.41 Å². The Bertz CT molecular complexity index is 342. The summed E-state index contributed by atoms with van der Waals surface area (Å²) in [6.07, 6.45) is 2.74. The third kappa shape index (κ3) is 1.88. The Kier molecular flexibility index (Phi) is 3.33. The summed E-state index contributed by atoms with van der Waals surface area (Å²) in [6.45, 7) is 3.60. The quantitative estimate of drug-likeness (QED) is 0.815. The van der Waals surface area contributed by atoms with Crippen LogP contribution < -0.4 is 5.73 Å². The van der Waals surface area contributed by atoms with Gasteiger partial charge in [0.25, 0.3) is 0 Å². The third-order valence-corrected chi connectivity index (χ3v) is 3.49. The van der Waals surface area contributed by atoms with E-state index in [0.29, 0.717) is 18.9 Å². The number of hydrogen-bond acceptors (Lipinski definition) is 4. The Hall–Kier alpha value is -0.840. The van der Waals surface area contributed by atoms with E-state index in [2.05, 4.69) is 0 Å². The average Bonchev–Trinajstić information content (AvgIpc) is 2.75. The van der Waals surface area contributed by atoms with Crippen LogP contribution in [0.5, 0.6) is 0 Å². The second-order valence-electron chi connectivity index (χ2n) is 4.59. The van der Waals surface area contributed by atoms with Crippen molar-refractivity contribution in [2.45, 2.75) is 25.9 Å². The molecule has 0 spiro atoms. The van der Waals surface area contributed by atoms with Gasteiger partial charge in [-0.25, -0.2) is 0 Å². The van der Waals surface area contributed by atoms with E-state index in [1.54, 1.807) is 6.26 Å². The first kappa shape index (κ1) is 11.6. The Morgan fingerprint density at radius 1 is 1.62 bits per heavy atom. The summed E-state index contributed by atoms with van der Waals surface area (Å²) in [4.78, 5) is 0. The Morgan fingerprint density at radius 2 is 2.44 bits per heavy atom. The molecule has 1 aliphatic heterocycles. The van der Waals surface area contributed by atoms with Gasteiger partial charge in [0.2, 0.25) is 0 Å².